The van der Waals surface area contributed by atoms with Gasteiger partial charge in [-0.05, 0) is 15.4 Å². The van der Waals surface area contributed by atoms with Crippen LogP contribution in [0, 0.1) is 0 Å². The van der Waals surface area contributed by atoms with Gasteiger partial charge in [-0.1, -0.05) is 135 Å². The lowest BCUT2D eigenvalue weighted by Crippen LogP contribution is -2.67. The van der Waals surface area contributed by atoms with E-state index >= 15 is 0 Å². The molecule has 0 aliphatic carbocycles. The van der Waals surface area contributed by atoms with Crippen LogP contribution in [0.4, 0.5) is 0 Å². The van der Waals surface area contributed by atoms with E-state index in [1.54, 1.807) is 0 Å². The molecular formula is C28H37NOSi2. The van der Waals surface area contributed by atoms with E-state index in [0.29, 0.717) is 6.61 Å². The highest BCUT2D eigenvalue weighted by Gasteiger charge is 2.50. The van der Waals surface area contributed by atoms with Gasteiger partial charge in [0.1, 0.15) is 8.07 Å². The smallest absolute Gasteiger partial charge is 0.261 e. The number of nitrogens with two attached hydrogens (primary N) is 1. The highest BCUT2D eigenvalue weighted by molar-refractivity contribution is 6.99. The number of benzene rings is 3. The SMILES string of the molecule is C=C([C@@H](N)CO[Si](c1ccccc1)(c1ccccc1)C(C)(C)C)[Si](C)(C)c1ccccc1. The van der Waals surface area contributed by atoms with Crippen molar-refractivity contribution in [1.82, 2.24) is 0 Å². The van der Waals surface area contributed by atoms with Gasteiger partial charge in [0.15, 0.2) is 0 Å². The third kappa shape index (κ3) is 4.74. The van der Waals surface area contributed by atoms with Crippen LogP contribution in [0.25, 0.3) is 0 Å². The molecule has 0 saturated heterocycles. The molecular weight excluding hydrogens is 422 g/mol. The lowest BCUT2D eigenvalue weighted by atomic mass is 10.2. The van der Waals surface area contributed by atoms with Crippen LogP contribution in [-0.2, 0) is 4.43 Å². The highest BCUT2D eigenvalue weighted by atomic mass is 28.4. The molecule has 2 nitrogen and oxygen atoms in total. The van der Waals surface area contributed by atoms with Gasteiger partial charge in [-0.15, -0.1) is 6.58 Å². The van der Waals surface area contributed by atoms with E-state index in [1.807, 2.05) is 0 Å². The van der Waals surface area contributed by atoms with Crippen LogP contribution in [-0.4, -0.2) is 29.0 Å². The minimum absolute atomic E-state index is 0.0663. The van der Waals surface area contributed by atoms with Crippen molar-refractivity contribution in [3.8, 4) is 0 Å². The average Bonchev–Trinajstić information content (AvgIpc) is 2.80. The first-order chi connectivity index (χ1) is 15.1. The Morgan fingerprint density at radius 3 is 1.53 bits per heavy atom. The van der Waals surface area contributed by atoms with Gasteiger partial charge in [0.25, 0.3) is 8.32 Å². The first kappa shape index (κ1) is 24.4. The molecule has 0 amide bonds. The predicted molar refractivity (Wildman–Crippen MR) is 144 cm³/mol. The summed E-state index contributed by atoms with van der Waals surface area (Å²) in [5, 5.41) is 4.96. The summed E-state index contributed by atoms with van der Waals surface area (Å²) in [5.41, 5.74) is 6.78. The van der Waals surface area contributed by atoms with E-state index in [0.717, 1.165) is 5.20 Å². The Balaban J connectivity index is 1.97. The molecule has 168 valence electrons. The largest absolute Gasteiger partial charge is 0.406 e. The van der Waals surface area contributed by atoms with E-state index in [9.17, 15) is 0 Å². The van der Waals surface area contributed by atoms with Crippen LogP contribution < -0.4 is 21.3 Å². The third-order valence-electron chi connectivity index (χ3n) is 6.64. The topological polar surface area (TPSA) is 35.2 Å². The van der Waals surface area contributed by atoms with E-state index in [2.05, 4.69) is 131 Å². The molecule has 0 aromatic heterocycles. The molecule has 0 unspecified atom stereocenters. The number of rotatable bonds is 8. The molecule has 0 fully saturated rings. The van der Waals surface area contributed by atoms with Gasteiger partial charge in [0.05, 0.1) is 6.61 Å². The molecule has 0 aliphatic rings. The molecule has 3 aromatic carbocycles. The maximum absolute atomic E-state index is 7.06. The number of hydrogen-bond donors (Lipinski definition) is 1. The molecule has 4 heteroatoms. The minimum atomic E-state index is -2.60. The summed E-state index contributed by atoms with van der Waals surface area (Å²) in [5.74, 6) is 0. The molecule has 2 N–H and O–H groups in total. The third-order valence-corrected chi connectivity index (χ3v) is 15.4. The first-order valence-corrected chi connectivity index (χ1v) is 16.3. The van der Waals surface area contributed by atoms with Gasteiger partial charge in [-0.25, -0.2) is 0 Å². The van der Waals surface area contributed by atoms with Crippen LogP contribution in [0.5, 0.6) is 0 Å². The van der Waals surface area contributed by atoms with Crippen molar-refractivity contribution in [1.29, 1.82) is 0 Å². The molecule has 3 aromatic rings. The summed E-state index contributed by atoms with van der Waals surface area (Å²) in [6.45, 7) is 16.5. The average molecular weight is 460 g/mol. The molecule has 32 heavy (non-hydrogen) atoms. The van der Waals surface area contributed by atoms with E-state index < -0.39 is 16.4 Å². The van der Waals surface area contributed by atoms with Crippen molar-refractivity contribution in [2.45, 2.75) is 44.9 Å². The predicted octanol–water partition coefficient (Wildman–Crippen LogP) is 4.60. The quantitative estimate of drug-likeness (QED) is 0.500. The Bertz CT molecular complexity index is 972. The lowest BCUT2D eigenvalue weighted by molar-refractivity contribution is 0.286. The second-order valence-electron chi connectivity index (χ2n) is 10.1. The van der Waals surface area contributed by atoms with Crippen molar-refractivity contribution < 1.29 is 4.43 Å². The Morgan fingerprint density at radius 1 is 0.781 bits per heavy atom. The number of hydrogen-bond acceptors (Lipinski definition) is 2. The van der Waals surface area contributed by atoms with Gasteiger partial charge in [0.2, 0.25) is 0 Å². The van der Waals surface area contributed by atoms with Gasteiger partial charge >= 0.3 is 0 Å². The van der Waals surface area contributed by atoms with E-state index in [-0.39, 0.29) is 11.1 Å². The second kappa shape index (κ2) is 9.71. The standard InChI is InChI=1S/C28H37NOSi2/c1-23(31(5,6)24-16-10-7-11-17-24)27(29)22-30-32(28(2,3)4,25-18-12-8-13-19-25)26-20-14-9-15-21-26/h7-21,27H,1,22,29H2,2-6H3/t27-/m0/s1. The van der Waals surface area contributed by atoms with Gasteiger partial charge in [0, 0.05) is 6.04 Å². The Kier molecular flexibility index (Phi) is 7.40. The van der Waals surface area contributed by atoms with Gasteiger partial charge in [-0.3, -0.25) is 0 Å². The maximum Gasteiger partial charge on any atom is 0.261 e. The Morgan fingerprint density at radius 2 is 1.16 bits per heavy atom. The minimum Gasteiger partial charge on any atom is -0.406 e. The van der Waals surface area contributed by atoms with Crippen LogP contribution in [0.1, 0.15) is 20.8 Å². The van der Waals surface area contributed by atoms with Gasteiger partial charge in [-0.2, -0.15) is 0 Å². The summed E-state index contributed by atoms with van der Waals surface area (Å²) in [4.78, 5) is 0. The zero-order valence-corrected chi connectivity index (χ0v) is 22.1. The molecule has 0 saturated carbocycles. The molecule has 3 rings (SSSR count). The van der Waals surface area contributed by atoms with Crippen LogP contribution in [0.3, 0.4) is 0 Å². The molecule has 0 spiro atoms. The summed E-state index contributed by atoms with van der Waals surface area (Å²) >= 11 is 0. The molecule has 0 bridgehead atoms. The molecule has 0 radical (unpaired) electrons. The molecule has 1 atom stereocenters. The van der Waals surface area contributed by atoms with Crippen molar-refractivity contribution in [3.63, 3.8) is 0 Å². The van der Waals surface area contributed by atoms with E-state index in [1.165, 1.54) is 15.6 Å². The summed E-state index contributed by atoms with van der Waals surface area (Å²) in [6, 6.07) is 31.9. The molecule has 0 heterocycles. The summed E-state index contributed by atoms with van der Waals surface area (Å²) < 4.78 is 7.06. The van der Waals surface area contributed by atoms with Crippen LogP contribution in [0.2, 0.25) is 18.1 Å². The summed E-state index contributed by atoms with van der Waals surface area (Å²) in [6.07, 6.45) is 0. The van der Waals surface area contributed by atoms with Gasteiger partial charge < -0.3 is 10.2 Å². The Hall–Kier alpha value is -2.25. The second-order valence-corrected chi connectivity index (χ2v) is 18.9. The lowest BCUT2D eigenvalue weighted by Gasteiger charge is -2.44. The fraction of sp³-hybridized carbons (Fsp3) is 0.286. The monoisotopic (exact) mass is 459 g/mol. The fourth-order valence-electron chi connectivity index (χ4n) is 4.58. The first-order valence-electron chi connectivity index (χ1n) is 11.4. The fourth-order valence-corrected chi connectivity index (χ4v) is 11.6. The zero-order chi connectivity index (χ0) is 23.4. The van der Waals surface area contributed by atoms with Crippen molar-refractivity contribution in [2.75, 3.05) is 6.61 Å². The normalized spacial score (nSPS) is 13.6. The highest BCUT2D eigenvalue weighted by Crippen LogP contribution is 2.37. The maximum atomic E-state index is 7.06. The van der Waals surface area contributed by atoms with Crippen LogP contribution in [0.15, 0.2) is 103 Å². The van der Waals surface area contributed by atoms with Crippen molar-refractivity contribution in [3.05, 3.63) is 103 Å². The summed E-state index contributed by atoms with van der Waals surface area (Å²) in [7, 11) is -4.53. The van der Waals surface area contributed by atoms with E-state index in [4.69, 9.17) is 10.2 Å². The van der Waals surface area contributed by atoms with Crippen LogP contribution >= 0.6 is 0 Å². The molecule has 0 aliphatic heterocycles. The Labute approximate surface area is 196 Å². The van der Waals surface area contributed by atoms with Crippen molar-refractivity contribution >= 4 is 32.0 Å². The zero-order valence-electron chi connectivity index (χ0n) is 20.1. The van der Waals surface area contributed by atoms with Crippen molar-refractivity contribution in [2.24, 2.45) is 5.73 Å².